The van der Waals surface area contributed by atoms with Gasteiger partial charge in [-0.2, -0.15) is 0 Å². The number of non-ortho nitro benzene ring substituents is 1. The van der Waals surface area contributed by atoms with Gasteiger partial charge in [-0.25, -0.2) is 4.98 Å². The van der Waals surface area contributed by atoms with Gasteiger partial charge in [0, 0.05) is 30.1 Å². The molecule has 2 rings (SSSR count). The lowest BCUT2D eigenvalue weighted by molar-refractivity contribution is -0.384. The summed E-state index contributed by atoms with van der Waals surface area (Å²) in [5, 5.41) is 11.8. The second-order valence-electron chi connectivity index (χ2n) is 5.49. The van der Waals surface area contributed by atoms with E-state index < -0.39 is 4.92 Å². The van der Waals surface area contributed by atoms with Gasteiger partial charge in [-0.05, 0) is 32.4 Å². The Morgan fingerprint density at radius 1 is 1.42 bits per heavy atom. The molecule has 0 saturated heterocycles. The lowest BCUT2D eigenvalue weighted by atomic mass is 10.1. The first kappa shape index (κ1) is 17.8. The Labute approximate surface area is 144 Å². The molecule has 24 heavy (non-hydrogen) atoms. The van der Waals surface area contributed by atoms with Crippen molar-refractivity contribution in [1.29, 1.82) is 0 Å². The van der Waals surface area contributed by atoms with Crippen molar-refractivity contribution in [2.24, 2.45) is 0 Å². The summed E-state index contributed by atoms with van der Waals surface area (Å²) in [5.41, 5.74) is 1.55. The molecule has 1 heterocycles. The van der Waals surface area contributed by atoms with Crippen LogP contribution in [-0.2, 0) is 4.79 Å². The third-order valence-electron chi connectivity index (χ3n) is 3.75. The van der Waals surface area contributed by atoms with Crippen LogP contribution in [0, 0.1) is 24.0 Å². The van der Waals surface area contributed by atoms with Crippen molar-refractivity contribution in [3.63, 3.8) is 0 Å². The second-order valence-corrected chi connectivity index (χ2v) is 6.73. The number of nitro benzene ring substituents is 1. The van der Waals surface area contributed by atoms with E-state index in [2.05, 4.69) is 4.98 Å². The van der Waals surface area contributed by atoms with E-state index in [1.165, 1.54) is 18.2 Å². The average Bonchev–Trinajstić information content (AvgIpc) is 2.89. The first-order valence-electron chi connectivity index (χ1n) is 7.43. The Kier molecular flexibility index (Phi) is 5.46. The van der Waals surface area contributed by atoms with Gasteiger partial charge in [0.15, 0.2) is 0 Å². The van der Waals surface area contributed by atoms with E-state index in [4.69, 9.17) is 0 Å². The third-order valence-corrected chi connectivity index (χ3v) is 4.99. The number of likely N-dealkylation sites (N-methyl/N-ethyl adjacent to an activating group) is 1. The quantitative estimate of drug-likeness (QED) is 0.468. The molecule has 0 fully saturated rings. The van der Waals surface area contributed by atoms with Gasteiger partial charge in [-0.15, -0.1) is 11.3 Å². The van der Waals surface area contributed by atoms with Crippen LogP contribution in [0.25, 0.3) is 6.08 Å². The van der Waals surface area contributed by atoms with Crippen molar-refractivity contribution in [2.75, 3.05) is 7.05 Å². The van der Waals surface area contributed by atoms with Gasteiger partial charge in [0.1, 0.15) is 0 Å². The Hall–Kier alpha value is -2.54. The molecule has 0 aliphatic heterocycles. The number of rotatable bonds is 5. The van der Waals surface area contributed by atoms with Crippen molar-refractivity contribution in [3.8, 4) is 0 Å². The molecule has 0 aliphatic carbocycles. The molecule has 6 nitrogen and oxygen atoms in total. The summed E-state index contributed by atoms with van der Waals surface area (Å²) in [6.07, 6.45) is 3.02. The molecule has 0 radical (unpaired) electrons. The second kappa shape index (κ2) is 7.35. The van der Waals surface area contributed by atoms with Crippen LogP contribution in [0.5, 0.6) is 0 Å². The maximum atomic E-state index is 12.4. The number of hydrogen-bond acceptors (Lipinski definition) is 5. The first-order chi connectivity index (χ1) is 11.3. The average molecular weight is 345 g/mol. The van der Waals surface area contributed by atoms with Crippen molar-refractivity contribution >= 4 is 29.0 Å². The van der Waals surface area contributed by atoms with Gasteiger partial charge in [0.05, 0.1) is 21.7 Å². The monoisotopic (exact) mass is 345 g/mol. The minimum absolute atomic E-state index is 0.00193. The Balaban J connectivity index is 2.12. The summed E-state index contributed by atoms with van der Waals surface area (Å²) < 4.78 is 0. The van der Waals surface area contributed by atoms with Crippen LogP contribution in [0.2, 0.25) is 0 Å². The number of carbonyl (C=O) groups is 1. The Morgan fingerprint density at radius 3 is 2.71 bits per heavy atom. The predicted molar refractivity (Wildman–Crippen MR) is 94.9 cm³/mol. The van der Waals surface area contributed by atoms with E-state index in [0.717, 1.165) is 15.6 Å². The highest BCUT2D eigenvalue weighted by Gasteiger charge is 2.20. The molecule has 0 aliphatic rings. The minimum atomic E-state index is -0.456. The molecule has 1 aromatic heterocycles. The topological polar surface area (TPSA) is 76.3 Å². The SMILES string of the molecule is Cc1nc(C)c([C@@H](C)N(C)C(=O)/C=C/c2cccc([N+](=O)[O-])c2)s1. The number of amides is 1. The van der Waals surface area contributed by atoms with Gasteiger partial charge in [0.2, 0.25) is 5.91 Å². The van der Waals surface area contributed by atoms with Crippen LogP contribution in [0.1, 0.15) is 34.1 Å². The number of nitrogens with zero attached hydrogens (tertiary/aromatic N) is 3. The van der Waals surface area contributed by atoms with Gasteiger partial charge >= 0.3 is 0 Å². The Bertz CT molecular complexity index is 798. The summed E-state index contributed by atoms with van der Waals surface area (Å²) in [6, 6.07) is 6.08. The summed E-state index contributed by atoms with van der Waals surface area (Å²) in [4.78, 5) is 29.8. The van der Waals surface area contributed by atoms with Crippen LogP contribution in [-0.4, -0.2) is 27.8 Å². The van der Waals surface area contributed by atoms with E-state index >= 15 is 0 Å². The standard InChI is InChI=1S/C17H19N3O3S/c1-11-17(24-13(3)18-11)12(2)19(4)16(21)9-8-14-6-5-7-15(10-14)20(22)23/h5-10,12H,1-4H3/b9-8+/t12-/m1/s1. The molecule has 0 spiro atoms. The molecular weight excluding hydrogens is 326 g/mol. The highest BCUT2D eigenvalue weighted by Crippen LogP contribution is 2.28. The zero-order valence-corrected chi connectivity index (χ0v) is 14.8. The summed E-state index contributed by atoms with van der Waals surface area (Å²) in [7, 11) is 1.74. The van der Waals surface area contributed by atoms with E-state index in [1.807, 2.05) is 20.8 Å². The number of aryl methyl sites for hydroxylation is 2. The van der Waals surface area contributed by atoms with Crippen LogP contribution in [0.4, 0.5) is 5.69 Å². The normalized spacial score (nSPS) is 12.3. The fourth-order valence-electron chi connectivity index (χ4n) is 2.33. The van der Waals surface area contributed by atoms with Crippen molar-refractivity contribution in [2.45, 2.75) is 26.8 Å². The molecule has 0 N–H and O–H groups in total. The lowest BCUT2D eigenvalue weighted by Gasteiger charge is -2.23. The maximum absolute atomic E-state index is 12.4. The van der Waals surface area contributed by atoms with Gasteiger partial charge in [-0.1, -0.05) is 12.1 Å². The zero-order valence-electron chi connectivity index (χ0n) is 14.0. The molecular formula is C17H19N3O3S. The molecule has 1 aromatic carbocycles. The number of nitro groups is 1. The molecule has 1 atom stereocenters. The molecule has 0 unspecified atom stereocenters. The zero-order chi connectivity index (χ0) is 17.9. The first-order valence-corrected chi connectivity index (χ1v) is 8.24. The molecule has 0 bridgehead atoms. The maximum Gasteiger partial charge on any atom is 0.270 e. The van der Waals surface area contributed by atoms with Crippen LogP contribution < -0.4 is 0 Å². The van der Waals surface area contributed by atoms with E-state index in [1.54, 1.807) is 41.5 Å². The van der Waals surface area contributed by atoms with E-state index in [0.29, 0.717) is 5.56 Å². The highest BCUT2D eigenvalue weighted by atomic mass is 32.1. The van der Waals surface area contributed by atoms with Crippen LogP contribution >= 0.6 is 11.3 Å². The van der Waals surface area contributed by atoms with Crippen molar-refractivity contribution < 1.29 is 9.72 Å². The third kappa shape index (κ3) is 4.05. The predicted octanol–water partition coefficient (Wildman–Crippen LogP) is 3.90. The molecule has 7 heteroatoms. The number of hydrogen-bond donors (Lipinski definition) is 0. The van der Waals surface area contributed by atoms with Gasteiger partial charge in [0.25, 0.3) is 5.69 Å². The molecule has 0 saturated carbocycles. The number of carbonyl (C=O) groups excluding carboxylic acids is 1. The van der Waals surface area contributed by atoms with E-state index in [-0.39, 0.29) is 17.6 Å². The fourth-order valence-corrected chi connectivity index (χ4v) is 3.35. The lowest BCUT2D eigenvalue weighted by Crippen LogP contribution is -2.27. The van der Waals surface area contributed by atoms with E-state index in [9.17, 15) is 14.9 Å². The highest BCUT2D eigenvalue weighted by molar-refractivity contribution is 7.11. The van der Waals surface area contributed by atoms with Gasteiger partial charge < -0.3 is 4.90 Å². The van der Waals surface area contributed by atoms with Gasteiger partial charge in [-0.3, -0.25) is 14.9 Å². The summed E-state index contributed by atoms with van der Waals surface area (Å²) >= 11 is 1.58. The molecule has 1 amide bonds. The smallest absolute Gasteiger partial charge is 0.270 e. The number of benzene rings is 1. The molecule has 126 valence electrons. The fraction of sp³-hybridized carbons (Fsp3) is 0.294. The summed E-state index contributed by atoms with van der Waals surface area (Å²) in [6.45, 7) is 5.84. The summed E-state index contributed by atoms with van der Waals surface area (Å²) in [5.74, 6) is -0.167. The Morgan fingerprint density at radius 2 is 2.12 bits per heavy atom. The molecule has 2 aromatic rings. The number of aromatic nitrogens is 1. The minimum Gasteiger partial charge on any atom is -0.335 e. The van der Waals surface area contributed by atoms with Crippen LogP contribution in [0.15, 0.2) is 30.3 Å². The van der Waals surface area contributed by atoms with Crippen molar-refractivity contribution in [3.05, 3.63) is 61.6 Å². The number of thiazole rings is 1. The van der Waals surface area contributed by atoms with Crippen LogP contribution in [0.3, 0.4) is 0 Å². The largest absolute Gasteiger partial charge is 0.335 e. The van der Waals surface area contributed by atoms with Crippen molar-refractivity contribution in [1.82, 2.24) is 9.88 Å².